The first-order valence-corrected chi connectivity index (χ1v) is 13.4. The smallest absolute Gasteiger partial charge is 0.173 e. The number of rotatable bonds is 7. The topological polar surface area (TPSA) is 70.0 Å². The monoisotopic (exact) mass is 514 g/mol. The number of thioether (sulfide) groups is 1. The molecule has 4 nitrogen and oxygen atoms in total. The van der Waals surface area contributed by atoms with Crippen LogP contribution in [-0.2, 0) is 4.79 Å². The van der Waals surface area contributed by atoms with E-state index in [4.69, 9.17) is 0 Å². The van der Waals surface area contributed by atoms with Crippen LogP contribution in [0.25, 0.3) is 21.9 Å². The van der Waals surface area contributed by atoms with E-state index in [0.717, 1.165) is 27.5 Å². The van der Waals surface area contributed by atoms with Crippen LogP contribution in [0.2, 0.25) is 0 Å². The molecule has 1 aliphatic rings. The van der Waals surface area contributed by atoms with E-state index in [2.05, 4.69) is 11.4 Å². The molecule has 0 radical (unpaired) electrons. The summed E-state index contributed by atoms with van der Waals surface area (Å²) >= 11 is 1.31. The van der Waals surface area contributed by atoms with Gasteiger partial charge in [0.2, 0.25) is 0 Å². The lowest BCUT2D eigenvalue weighted by Crippen LogP contribution is -2.27. The van der Waals surface area contributed by atoms with Gasteiger partial charge in [0.05, 0.1) is 28.3 Å². The third-order valence-electron chi connectivity index (χ3n) is 6.82. The van der Waals surface area contributed by atoms with E-state index in [9.17, 15) is 14.9 Å². The zero-order chi connectivity index (χ0) is 26.6. The number of nitrogens with one attached hydrogen (secondary N) is 1. The molecule has 0 amide bonds. The van der Waals surface area contributed by atoms with E-state index in [1.807, 2.05) is 104 Å². The van der Waals surface area contributed by atoms with Crippen molar-refractivity contribution in [3.63, 3.8) is 0 Å². The van der Waals surface area contributed by atoms with Gasteiger partial charge in [0.25, 0.3) is 0 Å². The van der Waals surface area contributed by atoms with Crippen molar-refractivity contribution in [2.24, 2.45) is 0 Å². The number of benzene rings is 4. The van der Waals surface area contributed by atoms with Crippen molar-refractivity contribution in [1.82, 2.24) is 5.32 Å². The van der Waals surface area contributed by atoms with Crippen LogP contribution in [0, 0.1) is 11.3 Å². The number of nitrogens with zero attached hydrogens (tertiary/aromatic N) is 1. The molecule has 0 fully saturated rings. The lowest BCUT2D eigenvalue weighted by molar-refractivity contribution is -0.113. The Balaban J connectivity index is 1.45. The van der Waals surface area contributed by atoms with E-state index < -0.39 is 5.92 Å². The summed E-state index contributed by atoms with van der Waals surface area (Å²) in [5, 5.41) is 16.2. The predicted octanol–water partition coefficient (Wildman–Crippen LogP) is 7.41. The van der Waals surface area contributed by atoms with Crippen molar-refractivity contribution in [2.45, 2.75) is 19.8 Å². The second-order valence-corrected chi connectivity index (χ2v) is 10.2. The zero-order valence-electron chi connectivity index (χ0n) is 21.2. The Morgan fingerprint density at radius 3 is 2.24 bits per heavy atom. The molecule has 0 aromatic heterocycles. The molecule has 0 bridgehead atoms. The first-order chi connectivity index (χ1) is 18.5. The van der Waals surface area contributed by atoms with Crippen LogP contribution < -0.4 is 5.32 Å². The Morgan fingerprint density at radius 1 is 0.868 bits per heavy atom. The zero-order valence-corrected chi connectivity index (χ0v) is 22.0. The van der Waals surface area contributed by atoms with Gasteiger partial charge in [-0.3, -0.25) is 9.59 Å². The Bertz CT molecular complexity index is 1640. The number of hydrogen-bond acceptors (Lipinski definition) is 5. The predicted molar refractivity (Wildman–Crippen MR) is 155 cm³/mol. The van der Waals surface area contributed by atoms with Crippen LogP contribution in [-0.4, -0.2) is 17.3 Å². The van der Waals surface area contributed by atoms with Gasteiger partial charge in [-0.25, -0.2) is 0 Å². The molecule has 186 valence electrons. The molecule has 4 aromatic carbocycles. The molecule has 38 heavy (non-hydrogen) atoms. The Morgan fingerprint density at radius 2 is 1.53 bits per heavy atom. The van der Waals surface area contributed by atoms with E-state index in [1.54, 1.807) is 0 Å². The van der Waals surface area contributed by atoms with Crippen LogP contribution in [0.4, 0.5) is 0 Å². The highest BCUT2D eigenvalue weighted by atomic mass is 32.2. The fraction of sp³-hybridized carbons (Fsp3) is 0.121. The largest absolute Gasteiger partial charge is 0.353 e. The summed E-state index contributed by atoms with van der Waals surface area (Å²) in [5.74, 6) is -0.447. The average molecular weight is 515 g/mol. The number of fused-ring (bicyclic) bond motifs is 1. The highest BCUT2D eigenvalue weighted by molar-refractivity contribution is 8.03. The van der Waals surface area contributed by atoms with E-state index in [0.29, 0.717) is 27.4 Å². The number of carbonyl (C=O) groups excluding carboxylic acids is 2. The molecule has 1 atom stereocenters. The first kappa shape index (κ1) is 25.3. The number of ketones is 2. The Labute approximate surface area is 226 Å². The quantitative estimate of drug-likeness (QED) is 0.260. The molecule has 1 aliphatic heterocycles. The summed E-state index contributed by atoms with van der Waals surface area (Å²) in [7, 11) is 0. The minimum Gasteiger partial charge on any atom is -0.353 e. The molecule has 4 aromatic rings. The van der Waals surface area contributed by atoms with Crippen molar-refractivity contribution in [2.75, 3.05) is 5.75 Å². The molecule has 5 rings (SSSR count). The minimum atomic E-state index is -0.507. The third kappa shape index (κ3) is 4.91. The highest BCUT2D eigenvalue weighted by Crippen LogP contribution is 2.43. The van der Waals surface area contributed by atoms with Crippen LogP contribution in [0.3, 0.4) is 0 Å². The molecular formula is C33H26N2O2S. The van der Waals surface area contributed by atoms with Gasteiger partial charge in [0, 0.05) is 16.8 Å². The van der Waals surface area contributed by atoms with Crippen molar-refractivity contribution < 1.29 is 9.59 Å². The normalized spacial score (nSPS) is 15.2. The summed E-state index contributed by atoms with van der Waals surface area (Å²) in [4.78, 5) is 25.9. The van der Waals surface area contributed by atoms with E-state index in [1.165, 1.54) is 18.7 Å². The lowest BCUT2D eigenvalue weighted by atomic mass is 9.79. The summed E-state index contributed by atoms with van der Waals surface area (Å²) in [6.07, 6.45) is 0. The summed E-state index contributed by atoms with van der Waals surface area (Å²) in [6.45, 7) is 3.39. The average Bonchev–Trinajstić information content (AvgIpc) is 2.95. The first-order valence-electron chi connectivity index (χ1n) is 12.4. The van der Waals surface area contributed by atoms with Gasteiger partial charge in [0.1, 0.15) is 0 Å². The summed E-state index contributed by atoms with van der Waals surface area (Å²) in [6, 6.07) is 33.9. The van der Waals surface area contributed by atoms with E-state index in [-0.39, 0.29) is 17.3 Å². The molecule has 0 saturated heterocycles. The Kier molecular flexibility index (Phi) is 7.26. The molecule has 0 aliphatic carbocycles. The van der Waals surface area contributed by atoms with Crippen molar-refractivity contribution in [1.29, 1.82) is 5.26 Å². The second kappa shape index (κ2) is 10.9. The van der Waals surface area contributed by atoms with Crippen LogP contribution in [0.5, 0.6) is 0 Å². The molecule has 0 unspecified atom stereocenters. The number of dihydropyridines is 1. The van der Waals surface area contributed by atoms with Crippen LogP contribution in [0.15, 0.2) is 119 Å². The third-order valence-corrected chi connectivity index (χ3v) is 7.84. The van der Waals surface area contributed by atoms with Gasteiger partial charge >= 0.3 is 0 Å². The van der Waals surface area contributed by atoms with Crippen molar-refractivity contribution >= 4 is 34.1 Å². The Hall–Kier alpha value is -4.40. The van der Waals surface area contributed by atoms with Crippen LogP contribution >= 0.6 is 11.8 Å². The highest BCUT2D eigenvalue weighted by Gasteiger charge is 2.34. The molecule has 0 saturated carbocycles. The maximum absolute atomic E-state index is 13.1. The van der Waals surface area contributed by atoms with Gasteiger partial charge < -0.3 is 5.32 Å². The number of allylic oxidation sites excluding steroid dienone is 3. The molecule has 1 N–H and O–H groups in total. The number of carbonyl (C=O) groups is 2. The number of hydrogen-bond donors (Lipinski definition) is 1. The fourth-order valence-electron chi connectivity index (χ4n) is 5.01. The molecular weight excluding hydrogens is 488 g/mol. The molecule has 5 heteroatoms. The van der Waals surface area contributed by atoms with Gasteiger partial charge in [-0.1, -0.05) is 109 Å². The molecule has 0 spiro atoms. The van der Waals surface area contributed by atoms with Gasteiger partial charge in [-0.15, -0.1) is 0 Å². The number of Topliss-reactive ketones (excluding diaryl/α,β-unsaturated/α-hetero) is 2. The fourth-order valence-corrected chi connectivity index (χ4v) is 5.99. The lowest BCUT2D eigenvalue weighted by Gasteiger charge is -2.30. The van der Waals surface area contributed by atoms with Gasteiger partial charge in [-0.2, -0.15) is 5.26 Å². The summed E-state index contributed by atoms with van der Waals surface area (Å²) in [5.41, 5.74) is 5.41. The molecule has 1 heterocycles. The SMILES string of the molecule is CC(=O)C1=C(C)NC(SCC(=O)c2ccc(-c3ccccc3)cc2)=C(C#N)[C@@H]1c1cccc2ccccc12. The summed E-state index contributed by atoms with van der Waals surface area (Å²) < 4.78 is 0. The van der Waals surface area contributed by atoms with Crippen molar-refractivity contribution in [3.05, 3.63) is 130 Å². The van der Waals surface area contributed by atoms with Crippen LogP contribution in [0.1, 0.15) is 35.7 Å². The maximum atomic E-state index is 13.1. The standard InChI is InChI=1S/C33H26N2O2S/c1-21-31(22(2)36)32(28-14-8-12-25-11-6-7-13-27(25)28)29(19-34)33(35-21)38-20-30(37)26-17-15-24(16-18-26)23-9-4-3-5-10-23/h3-18,32,35H,20H2,1-2H3/t32-/m0/s1. The van der Waals surface area contributed by atoms with Gasteiger partial charge in [-0.05, 0) is 41.3 Å². The van der Waals surface area contributed by atoms with Gasteiger partial charge in [0.15, 0.2) is 11.6 Å². The second-order valence-electron chi connectivity index (χ2n) is 9.23. The van der Waals surface area contributed by atoms with Crippen molar-refractivity contribution in [3.8, 4) is 17.2 Å². The van der Waals surface area contributed by atoms with E-state index >= 15 is 0 Å². The maximum Gasteiger partial charge on any atom is 0.173 e. The minimum absolute atomic E-state index is 0.0260. The number of nitriles is 1.